The maximum absolute atomic E-state index is 4.58. The summed E-state index contributed by atoms with van der Waals surface area (Å²) >= 11 is 0. The Labute approximate surface area is 90.1 Å². The Bertz CT molecular complexity index is 471. The molecule has 0 aliphatic heterocycles. The van der Waals surface area contributed by atoms with Crippen LogP contribution in [0.1, 0.15) is 24.4 Å². The van der Waals surface area contributed by atoms with Crippen molar-refractivity contribution in [2.24, 2.45) is 0 Å². The van der Waals surface area contributed by atoms with Crippen molar-refractivity contribution in [1.82, 2.24) is 14.9 Å². The summed E-state index contributed by atoms with van der Waals surface area (Å²) in [5.41, 5.74) is 3.43. The summed E-state index contributed by atoms with van der Waals surface area (Å²) in [7, 11) is 4.12. The molecule has 0 fully saturated rings. The van der Waals surface area contributed by atoms with Gasteiger partial charge in [-0.1, -0.05) is 6.07 Å². The number of imidazole rings is 1. The molecule has 0 radical (unpaired) electrons. The summed E-state index contributed by atoms with van der Waals surface area (Å²) < 4.78 is 0. The van der Waals surface area contributed by atoms with Crippen molar-refractivity contribution in [2.75, 3.05) is 14.1 Å². The lowest BCUT2D eigenvalue weighted by Crippen LogP contribution is -2.17. The van der Waals surface area contributed by atoms with Crippen LogP contribution in [-0.2, 0) is 0 Å². The van der Waals surface area contributed by atoms with Gasteiger partial charge in [0.15, 0.2) is 0 Å². The topological polar surface area (TPSA) is 31.9 Å². The van der Waals surface area contributed by atoms with Gasteiger partial charge in [-0.15, -0.1) is 0 Å². The molecular weight excluding hydrogens is 186 g/mol. The Hall–Kier alpha value is -1.35. The number of hydrogen-bond donors (Lipinski definition) is 1. The van der Waals surface area contributed by atoms with E-state index in [1.165, 1.54) is 5.56 Å². The molecule has 1 heterocycles. The molecule has 0 spiro atoms. The summed E-state index contributed by atoms with van der Waals surface area (Å²) in [5.74, 6) is 1.03. The fourth-order valence-electron chi connectivity index (χ4n) is 1.59. The van der Waals surface area contributed by atoms with Crippen LogP contribution < -0.4 is 0 Å². The predicted molar refractivity (Wildman–Crippen MR) is 62.9 cm³/mol. The highest BCUT2D eigenvalue weighted by molar-refractivity contribution is 5.75. The van der Waals surface area contributed by atoms with E-state index in [1.807, 2.05) is 0 Å². The average Bonchev–Trinajstić information content (AvgIpc) is 2.58. The molecule has 0 bridgehead atoms. The van der Waals surface area contributed by atoms with Gasteiger partial charge in [-0.2, -0.15) is 0 Å². The molecule has 3 nitrogen and oxygen atoms in total. The van der Waals surface area contributed by atoms with E-state index in [-0.39, 0.29) is 0 Å². The third-order valence-electron chi connectivity index (χ3n) is 2.83. The number of fused-ring (bicyclic) bond motifs is 1. The van der Waals surface area contributed by atoms with E-state index >= 15 is 0 Å². The lowest BCUT2D eigenvalue weighted by molar-refractivity contribution is 0.310. The van der Waals surface area contributed by atoms with Gasteiger partial charge in [-0.25, -0.2) is 4.98 Å². The molecule has 3 heteroatoms. The summed E-state index contributed by atoms with van der Waals surface area (Å²) in [5, 5.41) is 0. The number of rotatable bonds is 2. The fraction of sp³-hybridized carbons (Fsp3) is 0.417. The predicted octanol–water partition coefficient (Wildman–Crippen LogP) is 2.49. The van der Waals surface area contributed by atoms with Crippen molar-refractivity contribution in [2.45, 2.75) is 19.9 Å². The molecule has 1 N–H and O–H groups in total. The zero-order valence-corrected chi connectivity index (χ0v) is 9.70. The quantitative estimate of drug-likeness (QED) is 0.813. The van der Waals surface area contributed by atoms with E-state index in [1.54, 1.807) is 0 Å². The number of H-pyrrole nitrogens is 1. The van der Waals surface area contributed by atoms with Gasteiger partial charge in [0.25, 0.3) is 0 Å². The lowest BCUT2D eigenvalue weighted by atomic mass is 10.2. The summed E-state index contributed by atoms with van der Waals surface area (Å²) in [6, 6.07) is 6.60. The Morgan fingerprint density at radius 2 is 2.07 bits per heavy atom. The van der Waals surface area contributed by atoms with Gasteiger partial charge in [0.2, 0.25) is 0 Å². The van der Waals surface area contributed by atoms with Crippen LogP contribution in [0.5, 0.6) is 0 Å². The van der Waals surface area contributed by atoms with Crippen LogP contribution in [0.2, 0.25) is 0 Å². The molecule has 0 aliphatic rings. The molecule has 1 aromatic carbocycles. The van der Waals surface area contributed by atoms with Crippen LogP contribution in [0.3, 0.4) is 0 Å². The molecule has 2 rings (SSSR count). The lowest BCUT2D eigenvalue weighted by Gasteiger charge is -2.16. The smallest absolute Gasteiger partial charge is 0.124 e. The van der Waals surface area contributed by atoms with Crippen molar-refractivity contribution < 1.29 is 0 Å². The van der Waals surface area contributed by atoms with Crippen molar-refractivity contribution in [1.29, 1.82) is 0 Å². The highest BCUT2D eigenvalue weighted by Crippen LogP contribution is 2.19. The number of nitrogens with zero attached hydrogens (tertiary/aromatic N) is 2. The monoisotopic (exact) mass is 203 g/mol. The molecular formula is C12H17N3. The van der Waals surface area contributed by atoms with Crippen molar-refractivity contribution in [3.8, 4) is 0 Å². The molecule has 1 unspecified atom stereocenters. The Kier molecular flexibility index (Phi) is 2.49. The van der Waals surface area contributed by atoms with E-state index in [0.29, 0.717) is 6.04 Å². The van der Waals surface area contributed by atoms with E-state index in [0.717, 1.165) is 16.9 Å². The van der Waals surface area contributed by atoms with Gasteiger partial charge in [-0.05, 0) is 45.6 Å². The van der Waals surface area contributed by atoms with Gasteiger partial charge in [0.1, 0.15) is 5.82 Å². The fourth-order valence-corrected chi connectivity index (χ4v) is 1.59. The third kappa shape index (κ3) is 1.88. The minimum atomic E-state index is 0.317. The maximum Gasteiger partial charge on any atom is 0.124 e. The van der Waals surface area contributed by atoms with E-state index < -0.39 is 0 Å². The molecule has 0 aliphatic carbocycles. The SMILES string of the molecule is Cc1ccc2nc(C(C)N(C)C)[nH]c2c1. The summed E-state index contributed by atoms with van der Waals surface area (Å²) in [6.07, 6.45) is 0. The minimum absolute atomic E-state index is 0.317. The first-order valence-corrected chi connectivity index (χ1v) is 5.20. The van der Waals surface area contributed by atoms with Crippen molar-refractivity contribution in [3.05, 3.63) is 29.6 Å². The summed E-state index contributed by atoms with van der Waals surface area (Å²) in [4.78, 5) is 10.1. The zero-order valence-electron chi connectivity index (χ0n) is 9.70. The van der Waals surface area contributed by atoms with Crippen molar-refractivity contribution in [3.63, 3.8) is 0 Å². The van der Waals surface area contributed by atoms with Crippen molar-refractivity contribution >= 4 is 11.0 Å². The van der Waals surface area contributed by atoms with Gasteiger partial charge >= 0.3 is 0 Å². The zero-order chi connectivity index (χ0) is 11.0. The van der Waals surface area contributed by atoms with E-state index in [4.69, 9.17) is 0 Å². The first-order chi connectivity index (χ1) is 7.08. The molecule has 2 aromatic rings. The molecule has 0 saturated heterocycles. The number of nitrogens with one attached hydrogen (secondary N) is 1. The van der Waals surface area contributed by atoms with Crippen LogP contribution >= 0.6 is 0 Å². The highest BCUT2D eigenvalue weighted by Gasteiger charge is 2.12. The van der Waals surface area contributed by atoms with E-state index in [9.17, 15) is 0 Å². The van der Waals surface area contributed by atoms with Gasteiger partial charge in [0.05, 0.1) is 17.1 Å². The Morgan fingerprint density at radius 1 is 1.33 bits per heavy atom. The third-order valence-corrected chi connectivity index (χ3v) is 2.83. The largest absolute Gasteiger partial charge is 0.341 e. The number of aromatic nitrogens is 2. The van der Waals surface area contributed by atoms with Gasteiger partial charge < -0.3 is 4.98 Å². The Balaban J connectivity index is 2.47. The van der Waals surface area contributed by atoms with Crippen LogP contribution in [-0.4, -0.2) is 29.0 Å². The summed E-state index contributed by atoms with van der Waals surface area (Å²) in [6.45, 7) is 4.24. The number of benzene rings is 1. The van der Waals surface area contributed by atoms with Crippen LogP contribution in [0.25, 0.3) is 11.0 Å². The first kappa shape index (κ1) is 10.2. The average molecular weight is 203 g/mol. The first-order valence-electron chi connectivity index (χ1n) is 5.20. The molecule has 1 atom stereocenters. The second kappa shape index (κ2) is 3.66. The van der Waals surface area contributed by atoms with Crippen LogP contribution in [0.4, 0.5) is 0 Å². The normalized spacial score (nSPS) is 13.7. The molecule has 0 amide bonds. The second-order valence-electron chi connectivity index (χ2n) is 4.28. The maximum atomic E-state index is 4.58. The molecule has 0 saturated carbocycles. The Morgan fingerprint density at radius 3 is 2.73 bits per heavy atom. The highest BCUT2D eigenvalue weighted by atomic mass is 15.1. The number of aromatic amines is 1. The van der Waals surface area contributed by atoms with Crippen LogP contribution in [0, 0.1) is 6.92 Å². The molecule has 80 valence electrons. The van der Waals surface area contributed by atoms with Gasteiger partial charge in [-0.3, -0.25) is 4.90 Å². The number of hydrogen-bond acceptors (Lipinski definition) is 2. The minimum Gasteiger partial charge on any atom is -0.341 e. The number of aryl methyl sites for hydroxylation is 1. The standard InChI is InChI=1S/C12H17N3/c1-8-5-6-10-11(7-8)14-12(13-10)9(2)15(3)4/h5-7,9H,1-4H3,(H,13,14). The van der Waals surface area contributed by atoms with Gasteiger partial charge in [0, 0.05) is 0 Å². The second-order valence-corrected chi connectivity index (χ2v) is 4.28. The van der Waals surface area contributed by atoms with Crippen LogP contribution in [0.15, 0.2) is 18.2 Å². The van der Waals surface area contributed by atoms with E-state index in [2.05, 4.69) is 61.0 Å². The molecule has 15 heavy (non-hydrogen) atoms. The molecule has 1 aromatic heterocycles.